The number of rotatable bonds is 11. The van der Waals surface area contributed by atoms with Gasteiger partial charge in [-0.05, 0) is 63.4 Å². The van der Waals surface area contributed by atoms with Gasteiger partial charge in [0.15, 0.2) is 11.7 Å². The predicted octanol–water partition coefficient (Wildman–Crippen LogP) is 0.698. The molecule has 1 unspecified atom stereocenters. The summed E-state index contributed by atoms with van der Waals surface area (Å²) < 4.78 is 7.81. The van der Waals surface area contributed by atoms with Crippen molar-refractivity contribution in [3.05, 3.63) is 80.5 Å². The number of carbonyl (C=O) groups is 2. The van der Waals surface area contributed by atoms with Gasteiger partial charge in [0.25, 0.3) is 0 Å². The van der Waals surface area contributed by atoms with Crippen molar-refractivity contribution in [1.82, 2.24) is 19.8 Å². The third-order valence-corrected chi connectivity index (χ3v) is 8.63. The van der Waals surface area contributed by atoms with Gasteiger partial charge in [0.05, 0.1) is 39.7 Å². The van der Waals surface area contributed by atoms with Crippen molar-refractivity contribution in [2.75, 3.05) is 64.3 Å². The van der Waals surface area contributed by atoms with Crippen molar-refractivity contribution in [1.29, 1.82) is 0 Å². The van der Waals surface area contributed by atoms with Crippen LogP contribution in [0.1, 0.15) is 30.1 Å². The number of pyridine rings is 2. The number of carbonyl (C=O) groups excluding carboxylic acids is 3. The number of allylic oxidation sites excluding steroid dienone is 3. The second kappa shape index (κ2) is 20.4. The van der Waals surface area contributed by atoms with Gasteiger partial charge in [-0.3, -0.25) is 20.7 Å². The molecule has 2 aliphatic rings. The first-order valence-electron chi connectivity index (χ1n) is 15.2. The van der Waals surface area contributed by atoms with E-state index in [2.05, 4.69) is 39.1 Å². The van der Waals surface area contributed by atoms with E-state index < -0.39 is 0 Å². The van der Waals surface area contributed by atoms with Gasteiger partial charge < -0.3 is 39.2 Å². The minimum absolute atomic E-state index is 0. The maximum atomic E-state index is 13.2. The number of hydrogen-bond donors (Lipinski definition) is 2. The quantitative estimate of drug-likeness (QED) is 0.0723. The SMILES string of the molecule is CN/C(OCC1CCCN1c1cc2c(cc1Cl)c(=O)c(C=O)cn2-c1ccc(N2CC(N(C)C)C2)nc1)=C(Cl)\C=C/C=O.CO.C[C-]=O.[Na+]. The molecule has 0 aliphatic carbocycles. The number of hydrogen-bond acceptors (Lipinski definition) is 11. The summed E-state index contributed by atoms with van der Waals surface area (Å²) in [5, 5.41) is 11.0. The van der Waals surface area contributed by atoms with Crippen molar-refractivity contribution in [3.63, 3.8) is 0 Å². The number of ether oxygens (including phenoxy) is 1. The van der Waals surface area contributed by atoms with Crippen LogP contribution in [0.25, 0.3) is 16.6 Å². The molecule has 0 amide bonds. The number of aldehydes is 2. The van der Waals surface area contributed by atoms with Crippen LogP contribution in [0, 0.1) is 0 Å². The smallest absolute Gasteiger partial charge is 0.542 e. The Hall–Kier alpha value is -3.23. The topological polar surface area (TPSA) is 137 Å². The Morgan fingerprint density at radius 1 is 1.22 bits per heavy atom. The van der Waals surface area contributed by atoms with E-state index in [9.17, 15) is 14.4 Å². The Balaban J connectivity index is 0.00000132. The molecule has 2 N–H and O–H groups in total. The van der Waals surface area contributed by atoms with Crippen LogP contribution in [-0.4, -0.2) is 105 Å². The third kappa shape index (κ3) is 10.2. The van der Waals surface area contributed by atoms with Crippen LogP contribution in [0.15, 0.2) is 64.5 Å². The number of halogens is 2. The molecule has 2 aromatic heterocycles. The van der Waals surface area contributed by atoms with Gasteiger partial charge in [0.1, 0.15) is 23.7 Å². The van der Waals surface area contributed by atoms with Crippen molar-refractivity contribution < 1.29 is 53.8 Å². The summed E-state index contributed by atoms with van der Waals surface area (Å²) in [6.07, 6.45) is 10.6. The first-order valence-corrected chi connectivity index (χ1v) is 16.0. The number of benzene rings is 1. The van der Waals surface area contributed by atoms with E-state index >= 15 is 0 Å². The van der Waals surface area contributed by atoms with Crippen LogP contribution in [0.4, 0.5) is 11.5 Å². The Morgan fingerprint density at radius 3 is 2.49 bits per heavy atom. The van der Waals surface area contributed by atoms with E-state index in [1.165, 1.54) is 25.4 Å². The molecule has 49 heavy (non-hydrogen) atoms. The summed E-state index contributed by atoms with van der Waals surface area (Å²) in [5.74, 6) is 1.24. The van der Waals surface area contributed by atoms with Crippen LogP contribution in [-0.2, 0) is 14.3 Å². The zero-order valence-electron chi connectivity index (χ0n) is 28.7. The molecule has 0 saturated carbocycles. The number of fused-ring (bicyclic) bond motifs is 1. The molecular formula is C34H41Cl2N6NaO6. The van der Waals surface area contributed by atoms with Crippen LogP contribution in [0.2, 0.25) is 5.02 Å². The minimum Gasteiger partial charge on any atom is -0.542 e. The summed E-state index contributed by atoms with van der Waals surface area (Å²) in [4.78, 5) is 55.7. The fourth-order valence-corrected chi connectivity index (χ4v) is 6.01. The fraction of sp³-hybridized carbons (Fsp3) is 0.382. The maximum Gasteiger partial charge on any atom is 1.00 e. The first-order chi connectivity index (χ1) is 23.2. The number of nitrogens with one attached hydrogen (secondary N) is 1. The Morgan fingerprint density at radius 2 is 1.92 bits per heavy atom. The van der Waals surface area contributed by atoms with Crippen LogP contribution in [0.3, 0.4) is 0 Å². The zero-order chi connectivity index (χ0) is 35.4. The number of aliphatic hydroxyl groups is 1. The maximum absolute atomic E-state index is 13.2. The molecule has 15 heteroatoms. The third-order valence-electron chi connectivity index (χ3n) is 8.03. The average Bonchev–Trinajstić information content (AvgIpc) is 3.53. The second-order valence-electron chi connectivity index (χ2n) is 11.0. The van der Waals surface area contributed by atoms with Gasteiger partial charge in [-0.15, -0.1) is 0 Å². The molecule has 4 heterocycles. The number of aromatic nitrogens is 2. The summed E-state index contributed by atoms with van der Waals surface area (Å²) >= 11 is 13.1. The molecule has 1 atom stereocenters. The molecule has 12 nitrogen and oxygen atoms in total. The van der Waals surface area contributed by atoms with Gasteiger partial charge >= 0.3 is 29.6 Å². The van der Waals surface area contributed by atoms with E-state index in [4.69, 9.17) is 37.8 Å². The van der Waals surface area contributed by atoms with E-state index in [1.54, 1.807) is 25.5 Å². The molecule has 0 bridgehead atoms. The van der Waals surface area contributed by atoms with Crippen LogP contribution >= 0.6 is 23.2 Å². The molecule has 258 valence electrons. The summed E-state index contributed by atoms with van der Waals surface area (Å²) in [6, 6.07) is 7.91. The van der Waals surface area contributed by atoms with Gasteiger partial charge in [-0.25, -0.2) is 4.98 Å². The molecule has 2 fully saturated rings. The normalized spacial score (nSPS) is 16.1. The van der Waals surface area contributed by atoms with Crippen LogP contribution < -0.4 is 50.1 Å². The van der Waals surface area contributed by atoms with Gasteiger partial charge in [0, 0.05) is 51.4 Å². The first kappa shape index (κ1) is 41.9. The van der Waals surface area contributed by atoms with E-state index in [1.807, 2.05) is 22.8 Å². The van der Waals surface area contributed by atoms with Crippen molar-refractivity contribution in [3.8, 4) is 5.69 Å². The Bertz CT molecular complexity index is 1690. The fourth-order valence-electron chi connectivity index (χ4n) is 5.51. The monoisotopic (exact) mass is 722 g/mol. The largest absolute Gasteiger partial charge is 1.00 e. The van der Waals surface area contributed by atoms with E-state index in [0.717, 1.165) is 56.8 Å². The average molecular weight is 724 g/mol. The predicted molar refractivity (Wildman–Crippen MR) is 190 cm³/mol. The molecule has 3 aromatic rings. The van der Waals surface area contributed by atoms with Crippen molar-refractivity contribution in [2.45, 2.75) is 31.8 Å². The number of aliphatic hydroxyl groups excluding tert-OH is 1. The molecule has 1 aromatic carbocycles. The van der Waals surface area contributed by atoms with Gasteiger partial charge in [-0.2, -0.15) is 6.92 Å². The summed E-state index contributed by atoms with van der Waals surface area (Å²) in [7, 11) is 6.84. The second-order valence-corrected chi connectivity index (χ2v) is 11.9. The molecule has 0 radical (unpaired) electrons. The zero-order valence-corrected chi connectivity index (χ0v) is 32.2. The van der Waals surface area contributed by atoms with E-state index in [0.29, 0.717) is 47.0 Å². The Labute approximate surface area is 318 Å². The molecule has 5 rings (SSSR count). The number of likely N-dealkylation sites (N-methyl/N-ethyl adjacent to an activating group) is 1. The van der Waals surface area contributed by atoms with Crippen LogP contribution in [0.5, 0.6) is 0 Å². The van der Waals surface area contributed by atoms with Crippen molar-refractivity contribution in [2.24, 2.45) is 0 Å². The number of nitrogens with zero attached hydrogens (tertiary/aromatic N) is 5. The van der Waals surface area contributed by atoms with Gasteiger partial charge in [-0.1, -0.05) is 23.2 Å². The Kier molecular flexibility index (Phi) is 17.5. The number of anilines is 2. The van der Waals surface area contributed by atoms with E-state index in [-0.39, 0.29) is 51.6 Å². The standard InChI is InChI=1S/C31H34Cl2N6O4.C2H3O.CH4O.Na/c1-34-31(25(32)7-5-11-40)43-19-22-6-4-10-38(22)28-13-27-24(12-26(28)33)30(42)20(18-41)15-39(27)21-8-9-29(35-14-21)37-16-23(17-37)36(2)3;1-2-3;1-2;/h5,7-9,11-15,18,22-23,34H,4,6,10,16-17,19H2,1-3H3;1H3;2H,1H3;/q;-1;;+1/b7-5-,31-25-;;;. The van der Waals surface area contributed by atoms with Gasteiger partial charge in [0.2, 0.25) is 5.88 Å². The molecule has 2 aliphatic heterocycles. The summed E-state index contributed by atoms with van der Waals surface area (Å²) in [5.41, 5.74) is 1.76. The molecule has 2 saturated heterocycles. The summed E-state index contributed by atoms with van der Waals surface area (Å²) in [6.45, 7) is 4.20. The minimum atomic E-state index is -0.377. The molecular weight excluding hydrogens is 682 g/mol. The van der Waals surface area contributed by atoms with Crippen molar-refractivity contribution >= 4 is 64.5 Å². The molecule has 0 spiro atoms.